The first kappa shape index (κ1) is 15.1. The van der Waals surface area contributed by atoms with Crippen LogP contribution in [0.5, 0.6) is 0 Å². The van der Waals surface area contributed by atoms with E-state index in [-0.39, 0.29) is 5.82 Å². The lowest BCUT2D eigenvalue weighted by molar-refractivity contribution is 0.477. The van der Waals surface area contributed by atoms with Gasteiger partial charge in [0.05, 0.1) is 11.0 Å². The summed E-state index contributed by atoms with van der Waals surface area (Å²) in [5.74, 6) is 0.633. The topological polar surface area (TPSA) is 52.7 Å². The number of hydrogen-bond donors (Lipinski definition) is 3. The summed E-state index contributed by atoms with van der Waals surface area (Å²) >= 11 is 0. The maximum absolute atomic E-state index is 13.1. The summed E-state index contributed by atoms with van der Waals surface area (Å²) in [6.45, 7) is 2.10. The molecule has 0 spiro atoms. The molecule has 1 aliphatic rings. The monoisotopic (exact) mass is 324 g/mol. The Hall–Kier alpha value is -2.40. The SMILES string of the molecule is Fc1ccc(Cc2cccc3[nH]c(NC4CCNCC4)nc23)cc1. The highest BCUT2D eigenvalue weighted by atomic mass is 19.1. The van der Waals surface area contributed by atoms with Crippen LogP contribution in [0, 0.1) is 5.82 Å². The lowest BCUT2D eigenvalue weighted by Gasteiger charge is -2.23. The number of piperidine rings is 1. The molecule has 1 aliphatic heterocycles. The molecule has 2 aromatic carbocycles. The maximum Gasteiger partial charge on any atom is 0.201 e. The molecule has 1 aromatic heterocycles. The summed E-state index contributed by atoms with van der Waals surface area (Å²) in [5, 5.41) is 6.88. The molecule has 3 N–H and O–H groups in total. The third kappa shape index (κ3) is 3.26. The number of H-pyrrole nitrogens is 1. The van der Waals surface area contributed by atoms with E-state index in [1.54, 1.807) is 0 Å². The van der Waals surface area contributed by atoms with Crippen molar-refractivity contribution in [1.29, 1.82) is 0 Å². The van der Waals surface area contributed by atoms with Crippen LogP contribution >= 0.6 is 0 Å². The Morgan fingerprint density at radius 3 is 2.67 bits per heavy atom. The molecule has 5 heteroatoms. The first-order valence-corrected chi connectivity index (χ1v) is 8.47. The third-order valence-corrected chi connectivity index (χ3v) is 4.58. The average molecular weight is 324 g/mol. The molecule has 0 atom stereocenters. The molecule has 0 saturated carbocycles. The van der Waals surface area contributed by atoms with E-state index in [1.807, 2.05) is 24.3 Å². The van der Waals surface area contributed by atoms with Crippen LogP contribution in [-0.2, 0) is 6.42 Å². The second kappa shape index (κ2) is 6.61. The number of nitrogens with zero attached hydrogens (tertiary/aromatic N) is 1. The molecule has 1 fully saturated rings. The second-order valence-corrected chi connectivity index (χ2v) is 6.37. The van der Waals surface area contributed by atoms with Gasteiger partial charge in [0.25, 0.3) is 0 Å². The Kier molecular flexibility index (Phi) is 4.17. The summed E-state index contributed by atoms with van der Waals surface area (Å²) < 4.78 is 13.1. The summed E-state index contributed by atoms with van der Waals surface area (Å²) in [4.78, 5) is 8.13. The molecule has 3 aromatic rings. The molecule has 4 rings (SSSR count). The van der Waals surface area contributed by atoms with E-state index in [2.05, 4.69) is 21.7 Å². The zero-order chi connectivity index (χ0) is 16.4. The van der Waals surface area contributed by atoms with Crippen LogP contribution in [0.2, 0.25) is 0 Å². The number of halogens is 1. The van der Waals surface area contributed by atoms with Gasteiger partial charge >= 0.3 is 0 Å². The number of rotatable bonds is 4. The van der Waals surface area contributed by atoms with Crippen molar-refractivity contribution in [2.24, 2.45) is 0 Å². The van der Waals surface area contributed by atoms with E-state index < -0.39 is 0 Å². The zero-order valence-electron chi connectivity index (χ0n) is 13.5. The molecular formula is C19H21FN4. The predicted molar refractivity (Wildman–Crippen MR) is 94.8 cm³/mol. The van der Waals surface area contributed by atoms with E-state index in [0.717, 1.165) is 60.5 Å². The normalized spacial score (nSPS) is 15.7. The summed E-state index contributed by atoms with van der Waals surface area (Å²) in [5.41, 5.74) is 4.25. The number of hydrogen-bond acceptors (Lipinski definition) is 3. The van der Waals surface area contributed by atoms with Crippen LogP contribution in [0.1, 0.15) is 24.0 Å². The van der Waals surface area contributed by atoms with Crippen LogP contribution in [0.4, 0.5) is 10.3 Å². The van der Waals surface area contributed by atoms with Crippen LogP contribution in [0.25, 0.3) is 11.0 Å². The summed E-state index contributed by atoms with van der Waals surface area (Å²) in [6, 6.07) is 13.3. The van der Waals surface area contributed by atoms with Crippen LogP contribution < -0.4 is 10.6 Å². The number of aromatic nitrogens is 2. The van der Waals surface area contributed by atoms with Crippen molar-refractivity contribution in [1.82, 2.24) is 15.3 Å². The fourth-order valence-corrected chi connectivity index (χ4v) is 3.28. The predicted octanol–water partition coefficient (Wildman–Crippen LogP) is 3.46. The number of aromatic amines is 1. The average Bonchev–Trinajstić information content (AvgIpc) is 3.01. The Morgan fingerprint density at radius 1 is 1.08 bits per heavy atom. The second-order valence-electron chi connectivity index (χ2n) is 6.37. The number of nitrogens with one attached hydrogen (secondary N) is 3. The van der Waals surface area contributed by atoms with Crippen molar-refractivity contribution in [2.75, 3.05) is 18.4 Å². The summed E-state index contributed by atoms with van der Waals surface area (Å²) in [6.07, 6.45) is 2.97. The van der Waals surface area contributed by atoms with Gasteiger partial charge in [-0.15, -0.1) is 0 Å². The lowest BCUT2D eigenvalue weighted by atomic mass is 10.0. The lowest BCUT2D eigenvalue weighted by Crippen LogP contribution is -2.35. The molecule has 0 radical (unpaired) electrons. The van der Waals surface area contributed by atoms with Gasteiger partial charge in [-0.25, -0.2) is 9.37 Å². The fraction of sp³-hybridized carbons (Fsp3) is 0.316. The first-order chi connectivity index (χ1) is 11.8. The molecular weight excluding hydrogens is 303 g/mol. The number of fused-ring (bicyclic) bond motifs is 1. The van der Waals surface area contributed by atoms with Crippen LogP contribution in [0.3, 0.4) is 0 Å². The van der Waals surface area contributed by atoms with Crippen molar-refractivity contribution in [3.63, 3.8) is 0 Å². The first-order valence-electron chi connectivity index (χ1n) is 8.47. The highest BCUT2D eigenvalue weighted by Gasteiger charge is 2.15. The van der Waals surface area contributed by atoms with E-state index >= 15 is 0 Å². The van der Waals surface area contributed by atoms with Crippen LogP contribution in [-0.4, -0.2) is 29.1 Å². The van der Waals surface area contributed by atoms with Crippen molar-refractivity contribution in [2.45, 2.75) is 25.3 Å². The van der Waals surface area contributed by atoms with Gasteiger partial charge in [0, 0.05) is 6.04 Å². The Labute approximate surface area is 140 Å². The van der Waals surface area contributed by atoms with Crippen molar-refractivity contribution in [3.8, 4) is 0 Å². The Morgan fingerprint density at radius 2 is 1.88 bits per heavy atom. The number of benzene rings is 2. The molecule has 0 amide bonds. The van der Waals surface area contributed by atoms with Gasteiger partial charge in [0.15, 0.2) is 0 Å². The quantitative estimate of drug-likeness (QED) is 0.689. The Balaban J connectivity index is 1.58. The third-order valence-electron chi connectivity index (χ3n) is 4.58. The van der Waals surface area contributed by atoms with Gasteiger partial charge in [-0.05, 0) is 61.7 Å². The van der Waals surface area contributed by atoms with Gasteiger partial charge in [0.1, 0.15) is 5.82 Å². The van der Waals surface area contributed by atoms with Gasteiger partial charge in [0.2, 0.25) is 5.95 Å². The van der Waals surface area contributed by atoms with Crippen molar-refractivity contribution in [3.05, 3.63) is 59.4 Å². The van der Waals surface area contributed by atoms with Crippen molar-refractivity contribution < 1.29 is 4.39 Å². The standard InChI is InChI=1S/C19H21FN4/c20-15-6-4-13(5-7-15)12-14-2-1-3-17-18(14)24-19(23-17)22-16-8-10-21-11-9-16/h1-7,16,21H,8-12H2,(H2,22,23,24). The number of anilines is 1. The fourth-order valence-electron chi connectivity index (χ4n) is 3.28. The molecule has 24 heavy (non-hydrogen) atoms. The van der Waals surface area contributed by atoms with Gasteiger partial charge in [-0.3, -0.25) is 0 Å². The number of imidazole rings is 1. The molecule has 0 unspecified atom stereocenters. The maximum atomic E-state index is 13.1. The molecule has 0 aliphatic carbocycles. The van der Waals surface area contributed by atoms with Gasteiger partial charge in [-0.2, -0.15) is 0 Å². The largest absolute Gasteiger partial charge is 0.353 e. The minimum absolute atomic E-state index is 0.204. The minimum Gasteiger partial charge on any atom is -0.353 e. The summed E-state index contributed by atoms with van der Waals surface area (Å²) in [7, 11) is 0. The highest BCUT2D eigenvalue weighted by Crippen LogP contribution is 2.22. The zero-order valence-corrected chi connectivity index (χ0v) is 13.5. The molecule has 2 heterocycles. The van der Waals surface area contributed by atoms with Gasteiger partial charge in [-0.1, -0.05) is 24.3 Å². The minimum atomic E-state index is -0.204. The Bertz CT molecular complexity index is 819. The van der Waals surface area contributed by atoms with E-state index in [9.17, 15) is 4.39 Å². The van der Waals surface area contributed by atoms with Crippen LogP contribution in [0.15, 0.2) is 42.5 Å². The van der Waals surface area contributed by atoms with Gasteiger partial charge < -0.3 is 15.6 Å². The molecule has 0 bridgehead atoms. The van der Waals surface area contributed by atoms with E-state index in [0.29, 0.717) is 6.04 Å². The van der Waals surface area contributed by atoms with E-state index in [4.69, 9.17) is 4.98 Å². The molecule has 4 nitrogen and oxygen atoms in total. The smallest absolute Gasteiger partial charge is 0.201 e. The van der Waals surface area contributed by atoms with Crippen molar-refractivity contribution >= 4 is 17.0 Å². The molecule has 124 valence electrons. The number of para-hydroxylation sites is 1. The van der Waals surface area contributed by atoms with E-state index in [1.165, 1.54) is 12.1 Å². The highest BCUT2D eigenvalue weighted by molar-refractivity contribution is 5.81. The molecule has 1 saturated heterocycles.